The number of hydrogen-bond acceptors (Lipinski definition) is 3. The van der Waals surface area contributed by atoms with Gasteiger partial charge in [0, 0.05) is 12.2 Å². The Morgan fingerprint density at radius 3 is 2.31 bits per heavy atom. The van der Waals surface area contributed by atoms with Crippen LogP contribution in [0.5, 0.6) is 11.5 Å². The van der Waals surface area contributed by atoms with E-state index < -0.39 is 0 Å². The summed E-state index contributed by atoms with van der Waals surface area (Å²) in [6.07, 6.45) is 0.362. The largest absolute Gasteiger partial charge is 0.504 e. The summed E-state index contributed by atoms with van der Waals surface area (Å²) in [6.45, 7) is 3.57. The molecule has 0 unspecified atom stereocenters. The first kappa shape index (κ1) is 9.86. The Hall–Kier alpha value is -1.22. The molecule has 3 nitrogen and oxygen atoms in total. The van der Waals surface area contributed by atoms with Crippen molar-refractivity contribution in [1.82, 2.24) is 0 Å². The van der Waals surface area contributed by atoms with E-state index in [4.69, 9.17) is 5.11 Å². The standard InChI is InChI=1S/C10H14O3/c1-6-5-8(3-4-11)10(13)9(12)7(6)2/h5,11-13H,3-4H2,1-2H3. The van der Waals surface area contributed by atoms with Gasteiger partial charge in [-0.3, -0.25) is 0 Å². The average Bonchev–Trinajstić information content (AvgIpc) is 2.11. The van der Waals surface area contributed by atoms with Gasteiger partial charge in [0.1, 0.15) is 0 Å². The first-order valence-electron chi connectivity index (χ1n) is 4.19. The van der Waals surface area contributed by atoms with Crippen LogP contribution in [0.25, 0.3) is 0 Å². The van der Waals surface area contributed by atoms with Gasteiger partial charge in [-0.15, -0.1) is 0 Å². The van der Waals surface area contributed by atoms with Crippen LogP contribution in [-0.2, 0) is 6.42 Å². The molecule has 0 atom stereocenters. The van der Waals surface area contributed by atoms with Crippen molar-refractivity contribution in [3.05, 3.63) is 22.8 Å². The maximum absolute atomic E-state index is 9.47. The van der Waals surface area contributed by atoms with E-state index >= 15 is 0 Å². The fraction of sp³-hybridized carbons (Fsp3) is 0.400. The zero-order chi connectivity index (χ0) is 10.0. The van der Waals surface area contributed by atoms with Gasteiger partial charge >= 0.3 is 0 Å². The highest BCUT2D eigenvalue weighted by atomic mass is 16.3. The first-order valence-corrected chi connectivity index (χ1v) is 4.19. The van der Waals surface area contributed by atoms with Gasteiger partial charge < -0.3 is 15.3 Å². The van der Waals surface area contributed by atoms with E-state index in [1.165, 1.54) is 0 Å². The summed E-state index contributed by atoms with van der Waals surface area (Å²) in [5, 5.41) is 27.6. The molecule has 3 N–H and O–H groups in total. The Labute approximate surface area is 77.3 Å². The van der Waals surface area contributed by atoms with E-state index in [0.717, 1.165) is 5.56 Å². The lowest BCUT2D eigenvalue weighted by Crippen LogP contribution is -1.94. The second-order valence-corrected chi connectivity index (χ2v) is 3.15. The molecule has 0 heterocycles. The van der Waals surface area contributed by atoms with Crippen LogP contribution in [0.4, 0.5) is 0 Å². The fourth-order valence-electron chi connectivity index (χ4n) is 1.27. The highest BCUT2D eigenvalue weighted by Gasteiger charge is 2.10. The molecule has 0 fully saturated rings. The van der Waals surface area contributed by atoms with Crippen molar-refractivity contribution in [2.45, 2.75) is 20.3 Å². The van der Waals surface area contributed by atoms with Gasteiger partial charge in [-0.05, 0) is 31.4 Å². The van der Waals surface area contributed by atoms with Crippen molar-refractivity contribution in [2.24, 2.45) is 0 Å². The smallest absolute Gasteiger partial charge is 0.161 e. The van der Waals surface area contributed by atoms with Crippen LogP contribution in [0, 0.1) is 13.8 Å². The van der Waals surface area contributed by atoms with E-state index in [1.54, 1.807) is 13.0 Å². The molecule has 13 heavy (non-hydrogen) atoms. The molecule has 0 aliphatic carbocycles. The molecule has 0 radical (unpaired) electrons. The van der Waals surface area contributed by atoms with Gasteiger partial charge in [-0.2, -0.15) is 0 Å². The summed E-state index contributed by atoms with van der Waals surface area (Å²) in [5.74, 6) is -0.194. The zero-order valence-electron chi connectivity index (χ0n) is 7.83. The number of rotatable bonds is 2. The Morgan fingerprint density at radius 1 is 1.15 bits per heavy atom. The van der Waals surface area contributed by atoms with Crippen molar-refractivity contribution < 1.29 is 15.3 Å². The number of aromatic hydroxyl groups is 2. The summed E-state index contributed by atoms with van der Waals surface area (Å²) in [5.41, 5.74) is 2.18. The molecule has 0 spiro atoms. The monoisotopic (exact) mass is 182 g/mol. The van der Waals surface area contributed by atoms with Gasteiger partial charge in [0.25, 0.3) is 0 Å². The number of phenolic OH excluding ortho intramolecular Hbond substituents is 2. The molecule has 0 aliphatic heterocycles. The molecular weight excluding hydrogens is 168 g/mol. The first-order chi connectivity index (χ1) is 6.07. The van der Waals surface area contributed by atoms with Crippen molar-refractivity contribution in [3.8, 4) is 11.5 Å². The molecule has 0 bridgehead atoms. The third-order valence-electron chi connectivity index (χ3n) is 2.25. The highest BCUT2D eigenvalue weighted by molar-refractivity contribution is 5.53. The van der Waals surface area contributed by atoms with Crippen molar-refractivity contribution in [2.75, 3.05) is 6.61 Å². The van der Waals surface area contributed by atoms with Gasteiger partial charge in [0.15, 0.2) is 11.5 Å². The maximum atomic E-state index is 9.47. The van der Waals surface area contributed by atoms with Gasteiger partial charge in [-0.25, -0.2) is 0 Å². The lowest BCUT2D eigenvalue weighted by molar-refractivity contribution is 0.296. The Morgan fingerprint density at radius 2 is 1.77 bits per heavy atom. The number of benzene rings is 1. The maximum Gasteiger partial charge on any atom is 0.161 e. The predicted molar refractivity (Wildman–Crippen MR) is 50.0 cm³/mol. The summed E-state index contributed by atoms with van der Waals surface area (Å²) in [7, 11) is 0. The second kappa shape index (κ2) is 3.66. The zero-order valence-corrected chi connectivity index (χ0v) is 7.83. The number of aliphatic hydroxyl groups is 1. The number of hydrogen-bond donors (Lipinski definition) is 3. The van der Waals surface area contributed by atoms with Crippen LogP contribution >= 0.6 is 0 Å². The molecule has 1 rings (SSSR count). The van der Waals surface area contributed by atoms with E-state index in [1.807, 2.05) is 6.92 Å². The molecule has 0 saturated carbocycles. The second-order valence-electron chi connectivity index (χ2n) is 3.15. The summed E-state index contributed by atoms with van der Waals surface area (Å²) in [4.78, 5) is 0. The average molecular weight is 182 g/mol. The molecule has 0 saturated heterocycles. The fourth-order valence-corrected chi connectivity index (χ4v) is 1.27. The third-order valence-corrected chi connectivity index (χ3v) is 2.25. The highest BCUT2D eigenvalue weighted by Crippen LogP contribution is 2.34. The predicted octanol–water partition coefficient (Wildman–Crippen LogP) is 1.25. The number of aliphatic hydroxyl groups excluding tert-OH is 1. The van der Waals surface area contributed by atoms with Crippen LogP contribution in [0.2, 0.25) is 0 Å². The summed E-state index contributed by atoms with van der Waals surface area (Å²) in [6, 6.07) is 1.78. The lowest BCUT2D eigenvalue weighted by Gasteiger charge is -2.10. The Balaban J connectivity index is 3.24. The molecule has 0 aliphatic rings. The number of aryl methyl sites for hydroxylation is 1. The molecule has 1 aromatic carbocycles. The molecule has 1 aromatic rings. The molecular formula is C10H14O3. The molecule has 3 heteroatoms. The normalized spacial score (nSPS) is 10.4. The minimum Gasteiger partial charge on any atom is -0.504 e. The van der Waals surface area contributed by atoms with Crippen molar-refractivity contribution in [3.63, 3.8) is 0 Å². The van der Waals surface area contributed by atoms with Crippen LogP contribution in [0.15, 0.2) is 6.07 Å². The van der Waals surface area contributed by atoms with E-state index in [9.17, 15) is 10.2 Å². The summed E-state index contributed by atoms with van der Waals surface area (Å²) >= 11 is 0. The van der Waals surface area contributed by atoms with Gasteiger partial charge in [0.05, 0.1) is 0 Å². The minimum atomic E-state index is -0.114. The van der Waals surface area contributed by atoms with Crippen molar-refractivity contribution in [1.29, 1.82) is 0 Å². The Kier molecular flexibility index (Phi) is 2.78. The van der Waals surface area contributed by atoms with E-state index in [0.29, 0.717) is 17.5 Å². The minimum absolute atomic E-state index is 0.0322. The van der Waals surface area contributed by atoms with Crippen molar-refractivity contribution >= 4 is 0 Å². The molecule has 0 amide bonds. The van der Waals surface area contributed by atoms with Crippen LogP contribution < -0.4 is 0 Å². The van der Waals surface area contributed by atoms with Crippen LogP contribution in [-0.4, -0.2) is 21.9 Å². The lowest BCUT2D eigenvalue weighted by atomic mass is 10.0. The Bertz CT molecular complexity index is 318. The number of phenols is 2. The van der Waals surface area contributed by atoms with Crippen LogP contribution in [0.1, 0.15) is 16.7 Å². The quantitative estimate of drug-likeness (QED) is 0.603. The van der Waals surface area contributed by atoms with Crippen LogP contribution in [0.3, 0.4) is 0 Å². The SMILES string of the molecule is Cc1cc(CCO)c(O)c(O)c1C. The van der Waals surface area contributed by atoms with Gasteiger partial charge in [-0.1, -0.05) is 6.07 Å². The topological polar surface area (TPSA) is 60.7 Å². The molecule has 72 valence electrons. The third kappa shape index (κ3) is 1.75. The van der Waals surface area contributed by atoms with E-state index in [-0.39, 0.29) is 18.1 Å². The molecule has 0 aromatic heterocycles. The summed E-state index contributed by atoms with van der Waals surface area (Å²) < 4.78 is 0. The van der Waals surface area contributed by atoms with E-state index in [2.05, 4.69) is 0 Å². The van der Waals surface area contributed by atoms with Gasteiger partial charge in [0.2, 0.25) is 0 Å².